The number of pyridine rings is 1. The summed E-state index contributed by atoms with van der Waals surface area (Å²) in [5, 5.41) is 7.23. The van der Waals surface area contributed by atoms with Crippen LogP contribution >= 0.6 is 0 Å². The van der Waals surface area contributed by atoms with Crippen molar-refractivity contribution in [2.45, 2.75) is 33.4 Å². The van der Waals surface area contributed by atoms with Crippen molar-refractivity contribution < 1.29 is 4.79 Å². The predicted molar refractivity (Wildman–Crippen MR) is 80.1 cm³/mol. The van der Waals surface area contributed by atoms with Gasteiger partial charge < -0.3 is 9.88 Å². The Labute approximate surface area is 123 Å². The van der Waals surface area contributed by atoms with Gasteiger partial charge in [0.25, 0.3) is 5.56 Å². The lowest BCUT2D eigenvalue weighted by Gasteiger charge is -2.15. The monoisotopic (exact) mass is 288 g/mol. The fourth-order valence-corrected chi connectivity index (χ4v) is 2.24. The Morgan fingerprint density at radius 3 is 2.76 bits per heavy atom. The van der Waals surface area contributed by atoms with Gasteiger partial charge in [-0.15, -0.1) is 0 Å². The SMILES string of the molecule is Cc1cc(C)n([C@@H](C)CNC(=O)Cn2ccccc2=O)n1. The number of aryl methyl sites for hydroxylation is 2. The van der Waals surface area contributed by atoms with Crippen molar-refractivity contribution in [3.05, 3.63) is 52.2 Å². The minimum Gasteiger partial charge on any atom is -0.352 e. The molecule has 0 bridgehead atoms. The number of rotatable bonds is 5. The van der Waals surface area contributed by atoms with E-state index in [0.717, 1.165) is 11.4 Å². The van der Waals surface area contributed by atoms with Crippen molar-refractivity contribution >= 4 is 5.91 Å². The van der Waals surface area contributed by atoms with E-state index in [0.29, 0.717) is 6.54 Å². The standard InChI is InChI=1S/C15H20N4O2/c1-11-8-12(2)19(17-11)13(3)9-16-14(20)10-18-7-5-4-6-15(18)21/h4-8,13H,9-10H2,1-3H3,(H,16,20)/t13-/m0/s1. The molecule has 21 heavy (non-hydrogen) atoms. The Morgan fingerprint density at radius 1 is 1.38 bits per heavy atom. The molecule has 6 nitrogen and oxygen atoms in total. The van der Waals surface area contributed by atoms with Crippen molar-refractivity contribution in [2.24, 2.45) is 0 Å². The van der Waals surface area contributed by atoms with Gasteiger partial charge in [0, 0.05) is 24.5 Å². The van der Waals surface area contributed by atoms with E-state index < -0.39 is 0 Å². The Balaban J connectivity index is 1.91. The van der Waals surface area contributed by atoms with Crippen molar-refractivity contribution in [3.63, 3.8) is 0 Å². The van der Waals surface area contributed by atoms with Crippen molar-refractivity contribution in [1.82, 2.24) is 19.7 Å². The molecule has 1 atom stereocenters. The third-order valence-corrected chi connectivity index (χ3v) is 3.27. The molecule has 0 aliphatic carbocycles. The van der Waals surface area contributed by atoms with Crippen LogP contribution in [0.3, 0.4) is 0 Å². The average Bonchev–Trinajstić information content (AvgIpc) is 2.78. The van der Waals surface area contributed by atoms with Crippen LogP contribution in [0.2, 0.25) is 0 Å². The first-order valence-electron chi connectivity index (χ1n) is 6.92. The summed E-state index contributed by atoms with van der Waals surface area (Å²) >= 11 is 0. The molecular weight excluding hydrogens is 268 g/mol. The number of nitrogens with one attached hydrogen (secondary N) is 1. The topological polar surface area (TPSA) is 68.9 Å². The highest BCUT2D eigenvalue weighted by atomic mass is 16.2. The lowest BCUT2D eigenvalue weighted by Crippen LogP contribution is -2.35. The zero-order valence-electron chi connectivity index (χ0n) is 12.5. The van der Waals surface area contributed by atoms with Crippen LogP contribution in [-0.4, -0.2) is 26.8 Å². The van der Waals surface area contributed by atoms with Crippen molar-refractivity contribution in [3.8, 4) is 0 Å². The molecule has 0 aromatic carbocycles. The molecule has 0 saturated heterocycles. The highest BCUT2D eigenvalue weighted by molar-refractivity contribution is 5.75. The third kappa shape index (κ3) is 3.81. The van der Waals surface area contributed by atoms with Gasteiger partial charge in [0.1, 0.15) is 6.54 Å². The lowest BCUT2D eigenvalue weighted by atomic mass is 10.3. The molecule has 1 N–H and O–H groups in total. The second-order valence-electron chi connectivity index (χ2n) is 5.19. The Morgan fingerprint density at radius 2 is 2.14 bits per heavy atom. The number of hydrogen-bond donors (Lipinski definition) is 1. The van der Waals surface area contributed by atoms with Crippen LogP contribution in [0, 0.1) is 13.8 Å². The summed E-state index contributed by atoms with van der Waals surface area (Å²) in [5.41, 5.74) is 1.84. The Hall–Kier alpha value is -2.37. The zero-order chi connectivity index (χ0) is 15.4. The van der Waals surface area contributed by atoms with Crippen molar-refractivity contribution in [1.29, 1.82) is 0 Å². The van der Waals surface area contributed by atoms with Crippen LogP contribution in [0.15, 0.2) is 35.3 Å². The summed E-state index contributed by atoms with van der Waals surface area (Å²) in [6.07, 6.45) is 1.60. The van der Waals surface area contributed by atoms with Gasteiger partial charge in [0.2, 0.25) is 5.91 Å². The van der Waals surface area contributed by atoms with Gasteiger partial charge in [-0.25, -0.2) is 0 Å². The van der Waals surface area contributed by atoms with E-state index in [4.69, 9.17) is 0 Å². The molecule has 0 aliphatic heterocycles. The Kier molecular flexibility index (Phi) is 4.57. The Bertz CT molecular complexity index is 687. The quantitative estimate of drug-likeness (QED) is 0.893. The maximum atomic E-state index is 11.9. The first-order chi connectivity index (χ1) is 9.97. The second-order valence-corrected chi connectivity index (χ2v) is 5.19. The molecule has 0 spiro atoms. The number of amides is 1. The largest absolute Gasteiger partial charge is 0.352 e. The van der Waals surface area contributed by atoms with Gasteiger partial charge in [-0.2, -0.15) is 5.10 Å². The van der Waals surface area contributed by atoms with Crippen LogP contribution in [0.1, 0.15) is 24.4 Å². The number of carbonyl (C=O) groups is 1. The van der Waals surface area contributed by atoms with Gasteiger partial charge in [0.05, 0.1) is 11.7 Å². The van der Waals surface area contributed by atoms with E-state index in [-0.39, 0.29) is 24.1 Å². The average molecular weight is 288 g/mol. The van der Waals surface area contributed by atoms with E-state index in [1.165, 1.54) is 10.6 Å². The van der Waals surface area contributed by atoms with Crippen LogP contribution < -0.4 is 10.9 Å². The van der Waals surface area contributed by atoms with Crippen LogP contribution in [-0.2, 0) is 11.3 Å². The fraction of sp³-hybridized carbons (Fsp3) is 0.400. The van der Waals surface area contributed by atoms with E-state index in [1.54, 1.807) is 18.3 Å². The van der Waals surface area contributed by atoms with E-state index in [9.17, 15) is 9.59 Å². The van der Waals surface area contributed by atoms with Gasteiger partial charge in [-0.1, -0.05) is 6.07 Å². The predicted octanol–water partition coefficient (Wildman–Crippen LogP) is 1.04. The summed E-state index contributed by atoms with van der Waals surface area (Å²) in [7, 11) is 0. The van der Waals surface area contributed by atoms with E-state index >= 15 is 0 Å². The lowest BCUT2D eigenvalue weighted by molar-refractivity contribution is -0.121. The molecule has 1 amide bonds. The van der Waals surface area contributed by atoms with Crippen LogP contribution in [0.25, 0.3) is 0 Å². The summed E-state index contributed by atoms with van der Waals surface area (Å²) in [5.74, 6) is -0.184. The molecule has 0 saturated carbocycles. The molecule has 2 rings (SSSR count). The molecule has 112 valence electrons. The maximum Gasteiger partial charge on any atom is 0.250 e. The van der Waals surface area contributed by atoms with Crippen LogP contribution in [0.4, 0.5) is 0 Å². The summed E-state index contributed by atoms with van der Waals surface area (Å²) in [4.78, 5) is 23.4. The highest BCUT2D eigenvalue weighted by Gasteiger charge is 2.11. The number of nitrogens with zero attached hydrogens (tertiary/aromatic N) is 3. The van der Waals surface area contributed by atoms with Gasteiger partial charge >= 0.3 is 0 Å². The van der Waals surface area contributed by atoms with Gasteiger partial charge in [-0.3, -0.25) is 14.3 Å². The first kappa shape index (κ1) is 15.0. The number of aromatic nitrogens is 3. The zero-order valence-corrected chi connectivity index (χ0v) is 12.5. The van der Waals surface area contributed by atoms with Gasteiger partial charge in [-0.05, 0) is 32.9 Å². The van der Waals surface area contributed by atoms with Crippen LogP contribution in [0.5, 0.6) is 0 Å². The molecule has 0 aliphatic rings. The smallest absolute Gasteiger partial charge is 0.250 e. The summed E-state index contributed by atoms with van der Waals surface area (Å²) < 4.78 is 3.27. The minimum absolute atomic E-state index is 0.0313. The normalized spacial score (nSPS) is 12.1. The summed E-state index contributed by atoms with van der Waals surface area (Å²) in [6, 6.07) is 6.89. The van der Waals surface area contributed by atoms with Gasteiger partial charge in [0.15, 0.2) is 0 Å². The highest BCUT2D eigenvalue weighted by Crippen LogP contribution is 2.09. The third-order valence-electron chi connectivity index (χ3n) is 3.27. The molecule has 6 heteroatoms. The molecule has 0 radical (unpaired) electrons. The molecule has 2 heterocycles. The molecule has 2 aromatic rings. The number of carbonyl (C=O) groups excluding carboxylic acids is 1. The number of hydrogen-bond acceptors (Lipinski definition) is 3. The molecule has 2 aromatic heterocycles. The fourth-order valence-electron chi connectivity index (χ4n) is 2.24. The summed E-state index contributed by atoms with van der Waals surface area (Å²) in [6.45, 7) is 6.43. The second kappa shape index (κ2) is 6.39. The van der Waals surface area contributed by atoms with E-state index in [1.807, 2.05) is 31.5 Å². The molecular formula is C15H20N4O2. The molecule has 0 unspecified atom stereocenters. The van der Waals surface area contributed by atoms with Crippen molar-refractivity contribution in [2.75, 3.05) is 6.54 Å². The first-order valence-corrected chi connectivity index (χ1v) is 6.92. The minimum atomic E-state index is -0.184. The molecule has 0 fully saturated rings. The van der Waals surface area contributed by atoms with E-state index in [2.05, 4.69) is 10.4 Å². The maximum absolute atomic E-state index is 11.9.